The minimum Gasteiger partial charge on any atom is -0.497 e. The van der Waals surface area contributed by atoms with Crippen molar-refractivity contribution in [2.24, 2.45) is 0 Å². The van der Waals surface area contributed by atoms with E-state index in [1.165, 1.54) is 9.13 Å². The average Bonchev–Trinajstić information content (AvgIpc) is 2.41. The van der Waals surface area contributed by atoms with Crippen LogP contribution >= 0.6 is 34.2 Å². The molecule has 0 spiro atoms. The summed E-state index contributed by atoms with van der Waals surface area (Å²) in [7, 11) is 3.57. The van der Waals surface area contributed by atoms with Crippen molar-refractivity contribution < 1.29 is 4.74 Å². The third kappa shape index (κ3) is 3.41. The maximum absolute atomic E-state index is 6.35. The third-order valence-corrected chi connectivity index (χ3v) is 3.99. The molecule has 0 fully saturated rings. The summed E-state index contributed by atoms with van der Waals surface area (Å²) >= 11 is 8.66. The molecule has 0 amide bonds. The van der Waals surface area contributed by atoms with Crippen LogP contribution in [0, 0.1) is 3.57 Å². The summed E-state index contributed by atoms with van der Waals surface area (Å²) in [6, 6.07) is 14.2. The van der Waals surface area contributed by atoms with Crippen LogP contribution in [0.15, 0.2) is 42.5 Å². The Morgan fingerprint density at radius 2 is 2.00 bits per heavy atom. The van der Waals surface area contributed by atoms with E-state index < -0.39 is 0 Å². The highest BCUT2D eigenvalue weighted by atomic mass is 127. The van der Waals surface area contributed by atoms with Crippen molar-refractivity contribution in [2.75, 3.05) is 14.2 Å². The van der Waals surface area contributed by atoms with Crippen molar-refractivity contribution >= 4 is 34.2 Å². The van der Waals surface area contributed by atoms with E-state index in [1.807, 2.05) is 25.2 Å². The van der Waals surface area contributed by atoms with Gasteiger partial charge in [0.05, 0.1) is 13.2 Å². The number of halogens is 2. The molecule has 0 aromatic heterocycles. The van der Waals surface area contributed by atoms with Crippen LogP contribution in [0.5, 0.6) is 5.75 Å². The van der Waals surface area contributed by atoms with Gasteiger partial charge in [-0.2, -0.15) is 0 Å². The highest BCUT2D eigenvalue weighted by Crippen LogP contribution is 2.31. The Balaban J connectivity index is 2.42. The first-order chi connectivity index (χ1) is 9.15. The molecule has 0 aliphatic carbocycles. The molecule has 2 rings (SSSR count). The zero-order valence-corrected chi connectivity index (χ0v) is 13.7. The van der Waals surface area contributed by atoms with Crippen molar-refractivity contribution in [2.45, 2.75) is 6.04 Å². The van der Waals surface area contributed by atoms with Gasteiger partial charge >= 0.3 is 0 Å². The molecule has 4 heteroatoms. The Kier molecular flexibility index (Phi) is 5.07. The molecule has 1 unspecified atom stereocenters. The van der Waals surface area contributed by atoms with Gasteiger partial charge in [-0.1, -0.05) is 29.8 Å². The lowest BCUT2D eigenvalue weighted by molar-refractivity contribution is 0.414. The Labute approximate surface area is 132 Å². The van der Waals surface area contributed by atoms with Gasteiger partial charge in [-0.3, -0.25) is 0 Å². The van der Waals surface area contributed by atoms with E-state index in [2.05, 4.69) is 52.2 Å². The third-order valence-electron chi connectivity index (χ3n) is 2.99. The number of hydrogen-bond donors (Lipinski definition) is 1. The van der Waals surface area contributed by atoms with Crippen LogP contribution in [0.3, 0.4) is 0 Å². The van der Waals surface area contributed by atoms with Gasteiger partial charge in [0, 0.05) is 8.59 Å². The highest BCUT2D eigenvalue weighted by molar-refractivity contribution is 14.1. The molecule has 100 valence electrons. The summed E-state index contributed by atoms with van der Waals surface area (Å²) in [5.74, 6) is 0.770. The Morgan fingerprint density at radius 3 is 2.58 bits per heavy atom. The van der Waals surface area contributed by atoms with E-state index in [9.17, 15) is 0 Å². The summed E-state index contributed by atoms with van der Waals surface area (Å²) in [6.07, 6.45) is 0. The van der Waals surface area contributed by atoms with Crippen LogP contribution in [0.1, 0.15) is 17.2 Å². The number of nitrogens with one attached hydrogen (secondary N) is 1. The van der Waals surface area contributed by atoms with E-state index >= 15 is 0 Å². The van der Waals surface area contributed by atoms with Crippen molar-refractivity contribution in [3.63, 3.8) is 0 Å². The zero-order valence-electron chi connectivity index (χ0n) is 10.8. The molecule has 0 saturated carbocycles. The predicted molar refractivity (Wildman–Crippen MR) is 88.1 cm³/mol. The van der Waals surface area contributed by atoms with Crippen LogP contribution in [0.4, 0.5) is 0 Å². The van der Waals surface area contributed by atoms with Gasteiger partial charge in [-0.15, -0.1) is 0 Å². The van der Waals surface area contributed by atoms with Crippen molar-refractivity contribution in [1.82, 2.24) is 5.32 Å². The fourth-order valence-corrected chi connectivity index (χ4v) is 2.90. The molecule has 0 aliphatic heterocycles. The summed E-state index contributed by atoms with van der Waals surface area (Å²) in [5, 5.41) is 4.02. The second-order valence-electron chi connectivity index (χ2n) is 4.16. The minimum atomic E-state index is 0.0770. The summed E-state index contributed by atoms with van der Waals surface area (Å²) in [5.41, 5.74) is 2.24. The minimum absolute atomic E-state index is 0.0770. The molecular weight excluding hydrogens is 373 g/mol. The molecule has 1 N–H and O–H groups in total. The number of methoxy groups -OCH3 is 1. The van der Waals surface area contributed by atoms with Crippen LogP contribution in [0.25, 0.3) is 0 Å². The number of rotatable bonds is 4. The van der Waals surface area contributed by atoms with Crippen LogP contribution in [-0.4, -0.2) is 14.2 Å². The Morgan fingerprint density at radius 1 is 1.21 bits per heavy atom. The normalized spacial score (nSPS) is 12.2. The molecular formula is C15H15ClINO. The first kappa shape index (κ1) is 14.6. The van der Waals surface area contributed by atoms with Crippen molar-refractivity contribution in [1.29, 1.82) is 0 Å². The maximum Gasteiger partial charge on any atom is 0.120 e. The molecule has 2 nitrogen and oxygen atoms in total. The summed E-state index contributed by atoms with van der Waals surface area (Å²) < 4.78 is 6.39. The molecule has 1 atom stereocenters. The average molecular weight is 388 g/mol. The van der Waals surface area contributed by atoms with Gasteiger partial charge in [0.25, 0.3) is 0 Å². The van der Waals surface area contributed by atoms with Gasteiger partial charge in [-0.25, -0.2) is 0 Å². The smallest absolute Gasteiger partial charge is 0.120 e. The first-order valence-corrected chi connectivity index (χ1v) is 7.37. The topological polar surface area (TPSA) is 21.3 Å². The van der Waals surface area contributed by atoms with Gasteiger partial charge in [-0.05, 0) is 65.0 Å². The van der Waals surface area contributed by atoms with Crippen LogP contribution < -0.4 is 10.1 Å². The van der Waals surface area contributed by atoms with Crippen molar-refractivity contribution in [3.05, 3.63) is 62.2 Å². The maximum atomic E-state index is 6.35. The molecule has 0 radical (unpaired) electrons. The van der Waals surface area contributed by atoms with Gasteiger partial charge in [0.2, 0.25) is 0 Å². The Bertz CT molecular complexity index is 574. The monoisotopic (exact) mass is 387 g/mol. The molecule has 0 aliphatic rings. The van der Waals surface area contributed by atoms with E-state index in [4.69, 9.17) is 16.3 Å². The summed E-state index contributed by atoms with van der Waals surface area (Å²) in [6.45, 7) is 0. The second-order valence-corrected chi connectivity index (χ2v) is 5.82. The second kappa shape index (κ2) is 6.59. The largest absolute Gasteiger partial charge is 0.497 e. The lowest BCUT2D eigenvalue weighted by Crippen LogP contribution is -2.18. The molecule has 2 aromatic carbocycles. The van der Waals surface area contributed by atoms with E-state index in [1.54, 1.807) is 7.11 Å². The van der Waals surface area contributed by atoms with Crippen molar-refractivity contribution in [3.8, 4) is 5.75 Å². The number of hydrogen-bond acceptors (Lipinski definition) is 2. The van der Waals surface area contributed by atoms with Crippen LogP contribution in [0.2, 0.25) is 5.02 Å². The predicted octanol–water partition coefficient (Wildman–Crippen LogP) is 4.26. The van der Waals surface area contributed by atoms with E-state index in [-0.39, 0.29) is 6.04 Å². The SMILES string of the molecule is CNC(c1cccc(I)c1)c1ccc(OC)cc1Cl. The lowest BCUT2D eigenvalue weighted by atomic mass is 9.99. The molecule has 0 saturated heterocycles. The molecule has 2 aromatic rings. The number of benzene rings is 2. The molecule has 19 heavy (non-hydrogen) atoms. The van der Waals surface area contributed by atoms with Crippen LogP contribution in [-0.2, 0) is 0 Å². The zero-order chi connectivity index (χ0) is 13.8. The highest BCUT2D eigenvalue weighted by Gasteiger charge is 2.15. The standard InChI is InChI=1S/C15H15ClINO/c1-18-15(10-4-3-5-11(17)8-10)13-7-6-12(19-2)9-14(13)16/h3-9,15,18H,1-2H3. The quantitative estimate of drug-likeness (QED) is 0.792. The summed E-state index contributed by atoms with van der Waals surface area (Å²) in [4.78, 5) is 0. The van der Waals surface area contributed by atoms with Gasteiger partial charge in [0.15, 0.2) is 0 Å². The van der Waals surface area contributed by atoms with Gasteiger partial charge in [0.1, 0.15) is 5.75 Å². The molecule has 0 bridgehead atoms. The fraction of sp³-hybridized carbons (Fsp3) is 0.200. The van der Waals surface area contributed by atoms with E-state index in [0.717, 1.165) is 11.3 Å². The lowest BCUT2D eigenvalue weighted by Gasteiger charge is -2.19. The molecule has 0 heterocycles. The Hall–Kier alpha value is -0.780. The fourth-order valence-electron chi connectivity index (χ4n) is 2.06. The first-order valence-electron chi connectivity index (χ1n) is 5.92. The van der Waals surface area contributed by atoms with E-state index in [0.29, 0.717) is 5.02 Å². The van der Waals surface area contributed by atoms with Gasteiger partial charge < -0.3 is 10.1 Å². The number of ether oxygens (including phenoxy) is 1.